The number of benzene rings is 1. The molecule has 0 saturated carbocycles. The molecule has 2 aromatic rings. The number of nitrogens with zero attached hydrogens (tertiary/aromatic N) is 3. The van der Waals surface area contributed by atoms with Crippen molar-refractivity contribution in [3.05, 3.63) is 29.5 Å². The first-order chi connectivity index (χ1) is 16.0. The van der Waals surface area contributed by atoms with Crippen LogP contribution in [0.2, 0.25) is 0 Å². The molecule has 0 radical (unpaired) electrons. The number of carbonyl (C=O) groups is 1. The molecule has 2 aliphatic rings. The molecule has 0 aliphatic carbocycles. The van der Waals surface area contributed by atoms with Crippen molar-refractivity contribution in [3.8, 4) is 22.8 Å². The molecule has 1 atom stereocenters. The molecule has 0 spiro atoms. The molecule has 0 fully saturated rings. The zero-order chi connectivity index (χ0) is 24.6. The average molecular weight is 492 g/mol. The number of carbonyl (C=O) groups excluding carboxylic acids is 1. The maximum atomic E-state index is 12.5. The molecule has 0 saturated heterocycles. The highest BCUT2D eigenvalue weighted by atomic mass is 32.2. The summed E-state index contributed by atoms with van der Waals surface area (Å²) in [7, 11) is 0.0206. The predicted molar refractivity (Wildman–Crippen MR) is 128 cm³/mol. The molecule has 1 aromatic carbocycles. The van der Waals surface area contributed by atoms with Crippen molar-refractivity contribution in [1.29, 1.82) is 0 Å². The van der Waals surface area contributed by atoms with E-state index in [1.165, 1.54) is 5.06 Å². The second-order valence-electron chi connectivity index (χ2n) is 8.64. The summed E-state index contributed by atoms with van der Waals surface area (Å²) in [5.74, 6) is 0.164. The standard InChI is InChI=1S/C22H29N5O6S/c1-13(26(2)3)11-32-17-9-16(15-8-14-6-5-7-31-22(14)24-10-15)20-19(18(17)21(23)28)25-12-27(20)33-34(4,29)30/h8-10,13,25H,5-7,11-12H2,1-4H3,(H2,23,28)/t13-/m0/s1. The first-order valence-electron chi connectivity index (χ1n) is 10.9. The van der Waals surface area contributed by atoms with Crippen LogP contribution in [0.25, 0.3) is 11.1 Å². The van der Waals surface area contributed by atoms with E-state index in [0.717, 1.165) is 24.7 Å². The molecular weight excluding hydrogens is 462 g/mol. The molecule has 0 unspecified atom stereocenters. The molecule has 0 bridgehead atoms. The number of rotatable bonds is 8. The van der Waals surface area contributed by atoms with E-state index in [1.807, 2.05) is 32.0 Å². The van der Waals surface area contributed by atoms with Gasteiger partial charge in [-0.15, -0.1) is 4.28 Å². The minimum absolute atomic E-state index is 0.00524. The molecular formula is C22H29N5O6S. The van der Waals surface area contributed by atoms with Crippen LogP contribution in [0.5, 0.6) is 11.6 Å². The smallest absolute Gasteiger partial charge is 0.285 e. The van der Waals surface area contributed by atoms with E-state index in [0.29, 0.717) is 41.6 Å². The summed E-state index contributed by atoms with van der Waals surface area (Å²) < 4.78 is 40.7. The fourth-order valence-corrected chi connectivity index (χ4v) is 4.31. The highest BCUT2D eigenvalue weighted by Crippen LogP contribution is 2.47. The Hall–Kier alpha value is -3.09. The number of primary amides is 1. The fraction of sp³-hybridized carbons (Fsp3) is 0.455. The molecule has 4 rings (SSSR count). The summed E-state index contributed by atoms with van der Waals surface area (Å²) in [6, 6.07) is 3.70. The van der Waals surface area contributed by atoms with Crippen LogP contribution in [0.15, 0.2) is 18.3 Å². The van der Waals surface area contributed by atoms with E-state index in [9.17, 15) is 13.2 Å². The van der Waals surface area contributed by atoms with E-state index < -0.39 is 16.0 Å². The van der Waals surface area contributed by atoms with Gasteiger partial charge in [0, 0.05) is 28.9 Å². The number of hydrogen-bond acceptors (Lipinski definition) is 10. The van der Waals surface area contributed by atoms with Gasteiger partial charge in [0.1, 0.15) is 24.6 Å². The zero-order valence-corrected chi connectivity index (χ0v) is 20.4. The number of nitrogens with two attached hydrogens (primary N) is 1. The lowest BCUT2D eigenvalue weighted by atomic mass is 9.97. The minimum Gasteiger partial charge on any atom is -0.491 e. The maximum Gasteiger partial charge on any atom is 0.285 e. The number of aromatic nitrogens is 1. The number of ether oxygens (including phenoxy) is 2. The minimum atomic E-state index is -3.84. The Kier molecular flexibility index (Phi) is 6.56. The molecule has 2 aliphatic heterocycles. The molecule has 3 N–H and O–H groups in total. The van der Waals surface area contributed by atoms with Gasteiger partial charge in [0.15, 0.2) is 0 Å². The zero-order valence-electron chi connectivity index (χ0n) is 19.6. The highest BCUT2D eigenvalue weighted by Gasteiger charge is 2.33. The Balaban J connectivity index is 1.88. The number of hydrogen-bond donors (Lipinski definition) is 2. The first-order valence-corrected chi connectivity index (χ1v) is 12.7. The molecule has 34 heavy (non-hydrogen) atoms. The predicted octanol–water partition coefficient (Wildman–Crippen LogP) is 1.58. The Morgan fingerprint density at radius 2 is 2.15 bits per heavy atom. The Morgan fingerprint density at radius 1 is 1.38 bits per heavy atom. The van der Waals surface area contributed by atoms with Gasteiger partial charge in [0.25, 0.3) is 16.0 Å². The third kappa shape index (κ3) is 4.88. The van der Waals surface area contributed by atoms with Gasteiger partial charge in [-0.25, -0.2) is 10.0 Å². The lowest BCUT2D eigenvalue weighted by molar-refractivity contribution is 0.0995. The normalized spacial score (nSPS) is 15.9. The van der Waals surface area contributed by atoms with Crippen molar-refractivity contribution < 1.29 is 27.0 Å². The highest BCUT2D eigenvalue weighted by molar-refractivity contribution is 7.86. The van der Waals surface area contributed by atoms with Crippen molar-refractivity contribution >= 4 is 27.4 Å². The number of hydroxylamine groups is 1. The Morgan fingerprint density at radius 3 is 2.82 bits per heavy atom. The van der Waals surface area contributed by atoms with Gasteiger partial charge in [-0.1, -0.05) is 0 Å². The number of amides is 1. The van der Waals surface area contributed by atoms with Gasteiger partial charge >= 0.3 is 0 Å². The van der Waals surface area contributed by atoms with Crippen LogP contribution in [0.1, 0.15) is 29.3 Å². The summed E-state index contributed by atoms with van der Waals surface area (Å²) in [6.07, 6.45) is 4.28. The first kappa shape index (κ1) is 24.0. The summed E-state index contributed by atoms with van der Waals surface area (Å²) >= 11 is 0. The molecule has 3 heterocycles. The molecule has 1 aromatic heterocycles. The summed E-state index contributed by atoms with van der Waals surface area (Å²) in [5.41, 5.74) is 8.80. The fourth-order valence-electron chi connectivity index (χ4n) is 3.86. The van der Waals surface area contributed by atoms with Crippen molar-refractivity contribution in [3.63, 3.8) is 0 Å². The summed E-state index contributed by atoms with van der Waals surface area (Å²) in [6.45, 7) is 2.91. The van der Waals surface area contributed by atoms with E-state index in [2.05, 4.69) is 10.3 Å². The van der Waals surface area contributed by atoms with Crippen molar-refractivity contribution in [2.45, 2.75) is 25.8 Å². The third-order valence-corrected chi connectivity index (χ3v) is 6.26. The van der Waals surface area contributed by atoms with E-state index >= 15 is 0 Å². The van der Waals surface area contributed by atoms with Gasteiger partial charge in [0.2, 0.25) is 5.88 Å². The van der Waals surface area contributed by atoms with Gasteiger partial charge < -0.3 is 25.4 Å². The number of anilines is 2. The molecule has 12 heteroatoms. The SMILES string of the molecule is C[C@@H](COc1cc(-c2cnc3c(c2)CCCO3)c2c(c1C(N)=O)NCN2OS(C)(=O)=O)N(C)C. The van der Waals surface area contributed by atoms with E-state index in [4.69, 9.17) is 19.5 Å². The number of fused-ring (bicyclic) bond motifs is 2. The van der Waals surface area contributed by atoms with Crippen LogP contribution in [0.3, 0.4) is 0 Å². The summed E-state index contributed by atoms with van der Waals surface area (Å²) in [5, 5.41) is 4.24. The van der Waals surface area contributed by atoms with Crippen molar-refractivity contribution in [2.75, 3.05) is 50.6 Å². The van der Waals surface area contributed by atoms with Gasteiger partial charge in [-0.05, 0) is 46.0 Å². The van der Waals surface area contributed by atoms with E-state index in [1.54, 1.807) is 12.3 Å². The number of nitrogens with one attached hydrogen (secondary N) is 1. The second kappa shape index (κ2) is 9.28. The molecule has 1 amide bonds. The third-order valence-electron chi connectivity index (χ3n) is 5.81. The largest absolute Gasteiger partial charge is 0.491 e. The van der Waals surface area contributed by atoms with Crippen LogP contribution in [-0.4, -0.2) is 70.5 Å². The molecule has 11 nitrogen and oxygen atoms in total. The Labute approximate surface area is 198 Å². The van der Waals surface area contributed by atoms with Crippen LogP contribution >= 0.6 is 0 Å². The van der Waals surface area contributed by atoms with E-state index in [-0.39, 0.29) is 24.0 Å². The number of aryl methyl sites for hydroxylation is 1. The van der Waals surface area contributed by atoms with Crippen LogP contribution in [-0.2, 0) is 20.8 Å². The van der Waals surface area contributed by atoms with Crippen molar-refractivity contribution in [1.82, 2.24) is 9.88 Å². The Bertz CT molecular complexity index is 1220. The number of likely N-dealkylation sites (N-methyl/N-ethyl adjacent to an activating group) is 1. The summed E-state index contributed by atoms with van der Waals surface area (Å²) in [4.78, 5) is 18.9. The number of pyridine rings is 1. The lowest BCUT2D eigenvalue weighted by Crippen LogP contribution is -2.31. The van der Waals surface area contributed by atoms with Crippen LogP contribution in [0, 0.1) is 0 Å². The van der Waals surface area contributed by atoms with Gasteiger partial charge in [-0.3, -0.25) is 4.79 Å². The molecule has 184 valence electrons. The van der Waals surface area contributed by atoms with Gasteiger partial charge in [0.05, 0.1) is 24.2 Å². The monoisotopic (exact) mass is 491 g/mol. The second-order valence-corrected chi connectivity index (χ2v) is 10.2. The lowest BCUT2D eigenvalue weighted by Gasteiger charge is -2.24. The quantitative estimate of drug-likeness (QED) is 0.560. The average Bonchev–Trinajstić information content (AvgIpc) is 3.17. The topological polar surface area (TPSA) is 136 Å². The van der Waals surface area contributed by atoms with Crippen LogP contribution in [0.4, 0.5) is 11.4 Å². The van der Waals surface area contributed by atoms with Gasteiger partial charge in [-0.2, -0.15) is 8.42 Å². The van der Waals surface area contributed by atoms with Crippen molar-refractivity contribution in [2.24, 2.45) is 5.73 Å². The maximum absolute atomic E-state index is 12.5. The van der Waals surface area contributed by atoms with Crippen LogP contribution < -0.4 is 25.6 Å².